The minimum atomic E-state index is -1.20. The van der Waals surface area contributed by atoms with E-state index in [0.717, 1.165) is 44.5 Å². The van der Waals surface area contributed by atoms with E-state index in [4.69, 9.17) is 18.9 Å². The highest BCUT2D eigenvalue weighted by Crippen LogP contribution is 2.67. The number of hydrogen-bond acceptors (Lipinski definition) is 9. The van der Waals surface area contributed by atoms with Gasteiger partial charge in [0.15, 0.2) is 5.78 Å². The zero-order valence-electron chi connectivity index (χ0n) is 37.9. The first-order valence-corrected chi connectivity index (χ1v) is 23.2. The Morgan fingerprint density at radius 2 is 0.686 bits per heavy atom. The highest BCUT2D eigenvalue weighted by Gasteiger charge is 2.61. The van der Waals surface area contributed by atoms with Crippen molar-refractivity contribution < 1.29 is 42.9 Å². The maximum Gasteiger partial charge on any atom is 0.339 e. The molecule has 0 heterocycles. The second-order valence-corrected chi connectivity index (χ2v) is 18.0. The van der Waals surface area contributed by atoms with Crippen LogP contribution in [-0.4, -0.2) is 29.7 Å². The van der Waals surface area contributed by atoms with E-state index in [2.05, 4.69) is 24.3 Å². The van der Waals surface area contributed by atoms with Crippen LogP contribution in [0.1, 0.15) is 115 Å². The van der Waals surface area contributed by atoms with Gasteiger partial charge < -0.3 is 18.9 Å². The summed E-state index contributed by atoms with van der Waals surface area (Å²) in [6.45, 7) is -0.251. The maximum absolute atomic E-state index is 14.9. The fraction of sp³-hybridized carbons (Fsp3) is 0.131. The summed E-state index contributed by atoms with van der Waals surface area (Å²) >= 11 is 0. The van der Waals surface area contributed by atoms with Crippen LogP contribution in [0.2, 0.25) is 0 Å². The minimum Gasteiger partial charge on any atom is -0.457 e. The third-order valence-electron chi connectivity index (χ3n) is 13.9. The van der Waals surface area contributed by atoms with Crippen molar-refractivity contribution in [2.75, 3.05) is 0 Å². The molecule has 0 saturated heterocycles. The van der Waals surface area contributed by atoms with Crippen molar-refractivity contribution in [1.82, 2.24) is 0 Å². The van der Waals surface area contributed by atoms with E-state index in [-0.39, 0.29) is 72.9 Å². The van der Waals surface area contributed by atoms with Crippen molar-refractivity contribution in [1.29, 1.82) is 0 Å². The van der Waals surface area contributed by atoms with Gasteiger partial charge >= 0.3 is 23.9 Å². The lowest BCUT2D eigenvalue weighted by Crippen LogP contribution is -2.29. The molecule has 0 bridgehead atoms. The molecule has 0 saturated carbocycles. The Hall–Kier alpha value is -8.69. The normalized spacial score (nSPS) is 15.4. The third-order valence-corrected chi connectivity index (χ3v) is 13.9. The molecule has 9 nitrogen and oxygen atoms in total. The summed E-state index contributed by atoms with van der Waals surface area (Å²) in [6.07, 6.45) is 0.207. The summed E-state index contributed by atoms with van der Waals surface area (Å²) in [5, 5.41) is 0. The number of esters is 4. The molecule has 8 aromatic carbocycles. The molecule has 3 aliphatic carbocycles. The first-order valence-electron chi connectivity index (χ1n) is 23.2. The summed E-state index contributed by atoms with van der Waals surface area (Å²) in [5.41, 5.74) is 6.59. The first kappa shape index (κ1) is 43.9. The Balaban J connectivity index is 1.11. The molecular formula is C61H44O9. The highest BCUT2D eigenvalue weighted by molar-refractivity contribution is 6.11. The molecule has 0 radical (unpaired) electrons. The molecule has 0 fully saturated rings. The number of benzene rings is 8. The Labute approximate surface area is 404 Å². The van der Waals surface area contributed by atoms with Crippen molar-refractivity contribution in [2.24, 2.45) is 0 Å². The van der Waals surface area contributed by atoms with Crippen LogP contribution in [0.25, 0.3) is 11.1 Å². The molecule has 0 aromatic heterocycles. The van der Waals surface area contributed by atoms with Gasteiger partial charge in [-0.05, 0) is 91.9 Å². The predicted molar refractivity (Wildman–Crippen MR) is 261 cm³/mol. The lowest BCUT2D eigenvalue weighted by molar-refractivity contribution is 0.0425. The Morgan fingerprint density at radius 3 is 1.09 bits per heavy atom. The fourth-order valence-corrected chi connectivity index (χ4v) is 10.8. The van der Waals surface area contributed by atoms with Gasteiger partial charge in [-0.15, -0.1) is 0 Å². The van der Waals surface area contributed by atoms with Gasteiger partial charge in [-0.2, -0.15) is 0 Å². The van der Waals surface area contributed by atoms with Gasteiger partial charge in [0.25, 0.3) is 0 Å². The number of ketones is 1. The van der Waals surface area contributed by atoms with Crippen LogP contribution in [0.4, 0.5) is 0 Å². The molecule has 70 heavy (non-hydrogen) atoms. The van der Waals surface area contributed by atoms with Crippen LogP contribution < -0.4 is 0 Å². The number of carbonyl (C=O) groups is 5. The summed E-state index contributed by atoms with van der Waals surface area (Å²) in [6, 6.07) is 59.6. The summed E-state index contributed by atoms with van der Waals surface area (Å²) in [7, 11) is 0. The fourth-order valence-electron chi connectivity index (χ4n) is 10.8. The van der Waals surface area contributed by atoms with E-state index in [0.29, 0.717) is 16.7 Å². The first-order chi connectivity index (χ1) is 34.2. The number of hydrogen-bond donors (Lipinski definition) is 0. The number of rotatable bonds is 12. The van der Waals surface area contributed by atoms with E-state index in [9.17, 15) is 24.0 Å². The second-order valence-electron chi connectivity index (χ2n) is 18.0. The number of carbonyl (C=O) groups excluding carboxylic acids is 5. The molecular weight excluding hydrogens is 877 g/mol. The van der Waals surface area contributed by atoms with Crippen molar-refractivity contribution in [3.8, 4) is 11.1 Å². The van der Waals surface area contributed by atoms with Crippen molar-refractivity contribution in [2.45, 2.75) is 50.1 Å². The lowest BCUT2D eigenvalue weighted by Gasteiger charge is -2.32. The molecule has 0 amide bonds. The lowest BCUT2D eigenvalue weighted by atomic mass is 9.69. The standard InChI is InChI=1S/C61H44O9/c62-55-33-60(52-30-46(57(64)68-35-40-19-7-2-8-20-40)45(29-49(52)55)56(63)67-34-39-17-5-1-6-18-39)38-61(50-27-15-13-25-43(50)44-26-14-16-28-51(44)61)54-32-48(59(66)70-37-42-23-11-4-12-24-42)47(31-53(54)60)58(65)69-36-41-21-9-3-10-22-41/h1-32H,33-38H2. The largest absolute Gasteiger partial charge is 0.457 e. The average molecular weight is 921 g/mol. The van der Waals surface area contributed by atoms with Crippen LogP contribution >= 0.6 is 0 Å². The summed E-state index contributed by atoms with van der Waals surface area (Å²) in [5.74, 6) is -3.32. The van der Waals surface area contributed by atoms with Crippen LogP contribution in [0.3, 0.4) is 0 Å². The summed E-state index contributed by atoms with van der Waals surface area (Å²) < 4.78 is 23.7. The van der Waals surface area contributed by atoms with Crippen LogP contribution in [0, 0.1) is 0 Å². The number of ether oxygens (including phenoxy) is 4. The topological polar surface area (TPSA) is 122 Å². The third kappa shape index (κ3) is 7.65. The quantitative estimate of drug-likeness (QED) is 0.0870. The van der Waals surface area contributed by atoms with Crippen LogP contribution in [0.5, 0.6) is 0 Å². The maximum atomic E-state index is 14.9. The SMILES string of the molecule is O=C(OCc1ccccc1)c1cc2c(cc1C(=O)OCc1ccccc1)C1(CC2=O)CC2(c3ccccc3-c3ccccc32)c2cc(C(=O)OCc3ccccc3)c(C(=O)OCc3ccccc3)cc21. The Kier molecular flexibility index (Phi) is 11.3. The summed E-state index contributed by atoms with van der Waals surface area (Å²) in [4.78, 5) is 72.9. The monoisotopic (exact) mass is 920 g/mol. The highest BCUT2D eigenvalue weighted by atomic mass is 16.5. The smallest absolute Gasteiger partial charge is 0.339 e. The zero-order chi connectivity index (χ0) is 47.8. The van der Waals surface area contributed by atoms with Gasteiger partial charge in [-0.1, -0.05) is 170 Å². The predicted octanol–water partition coefficient (Wildman–Crippen LogP) is 11.7. The van der Waals surface area contributed by atoms with Gasteiger partial charge in [0.1, 0.15) is 26.4 Å². The van der Waals surface area contributed by atoms with E-state index in [1.54, 1.807) is 18.2 Å². The number of fused-ring (bicyclic) bond motifs is 10. The van der Waals surface area contributed by atoms with Crippen molar-refractivity contribution in [3.63, 3.8) is 0 Å². The Morgan fingerprint density at radius 1 is 0.357 bits per heavy atom. The van der Waals surface area contributed by atoms with E-state index in [1.807, 2.05) is 146 Å². The van der Waals surface area contributed by atoms with Crippen molar-refractivity contribution >= 4 is 29.7 Å². The Bertz CT molecular complexity index is 3320. The van der Waals surface area contributed by atoms with Gasteiger partial charge in [-0.25, -0.2) is 19.2 Å². The van der Waals surface area contributed by atoms with E-state index in [1.165, 1.54) is 6.07 Å². The van der Waals surface area contributed by atoms with Gasteiger partial charge in [0.2, 0.25) is 0 Å². The van der Waals surface area contributed by atoms with Gasteiger partial charge in [-0.3, -0.25) is 4.79 Å². The molecule has 1 unspecified atom stereocenters. The van der Waals surface area contributed by atoms with Crippen LogP contribution in [0.15, 0.2) is 194 Å². The number of Topliss-reactive ketones (excluding diaryl/α,β-unsaturated/α-hetero) is 1. The second kappa shape index (κ2) is 18.1. The molecule has 9 heteroatoms. The minimum absolute atomic E-state index is 0.0114. The van der Waals surface area contributed by atoms with Crippen LogP contribution in [-0.2, 0) is 56.2 Å². The average Bonchev–Trinajstić information content (AvgIpc) is 3.98. The van der Waals surface area contributed by atoms with Crippen molar-refractivity contribution in [3.05, 3.63) is 272 Å². The zero-order valence-corrected chi connectivity index (χ0v) is 37.9. The molecule has 1 atom stereocenters. The molecule has 2 spiro atoms. The molecule has 0 aliphatic heterocycles. The molecule has 8 aromatic rings. The molecule has 0 N–H and O–H groups in total. The van der Waals surface area contributed by atoms with E-state index >= 15 is 0 Å². The molecule has 342 valence electrons. The van der Waals surface area contributed by atoms with Gasteiger partial charge in [0, 0.05) is 22.8 Å². The molecule has 3 aliphatic rings. The van der Waals surface area contributed by atoms with E-state index < -0.39 is 34.7 Å². The molecule has 11 rings (SSSR count). The van der Waals surface area contributed by atoms with Gasteiger partial charge in [0.05, 0.1) is 22.3 Å².